The standard InChI is InChI=1S/C27H27ClFN5O5/c1-13(27(38)39)14-6-8-18-20(10-14)33(32-23(18)25(30)36)12-21(35)34-17-7-5-15(9-17)24(34)26(37)31-11-16-3-2-4-19(28)22(16)29/h2-4,6,8,10,13,15,17,24H,5,7,9,11-12H2,1H3,(H2,30,36)(H,31,37)(H,38,39)/t13?,15-,17+,24-/m0/s1. The maximum absolute atomic E-state index is 14.3. The number of piperidine rings is 1. The molecule has 1 unspecified atom stereocenters. The Bertz CT molecular complexity index is 1510. The number of primary amides is 1. The van der Waals surface area contributed by atoms with E-state index in [1.54, 1.807) is 29.2 Å². The Morgan fingerprint density at radius 2 is 2.00 bits per heavy atom. The number of rotatable bonds is 8. The van der Waals surface area contributed by atoms with Crippen molar-refractivity contribution in [3.63, 3.8) is 0 Å². The Morgan fingerprint density at radius 1 is 1.23 bits per heavy atom. The smallest absolute Gasteiger partial charge is 0.310 e. The molecule has 1 saturated heterocycles. The monoisotopic (exact) mass is 555 g/mol. The highest BCUT2D eigenvalue weighted by atomic mass is 35.5. The first-order valence-corrected chi connectivity index (χ1v) is 13.0. The molecule has 2 aliphatic rings. The zero-order chi connectivity index (χ0) is 28.0. The van der Waals surface area contributed by atoms with Gasteiger partial charge in [0.25, 0.3) is 5.91 Å². The molecule has 1 aliphatic heterocycles. The Kier molecular flexibility index (Phi) is 7.02. The first-order valence-electron chi connectivity index (χ1n) is 12.6. The Hall–Kier alpha value is -3.99. The minimum absolute atomic E-state index is 0.0262. The number of hydrogen-bond acceptors (Lipinski definition) is 5. The molecule has 10 nitrogen and oxygen atoms in total. The van der Waals surface area contributed by atoms with Crippen LogP contribution in [0, 0.1) is 11.7 Å². The highest BCUT2D eigenvalue weighted by molar-refractivity contribution is 6.30. The average Bonchev–Trinajstić information content (AvgIpc) is 3.62. The molecule has 5 rings (SSSR count). The first kappa shape index (κ1) is 26.6. The predicted molar refractivity (Wildman–Crippen MR) is 139 cm³/mol. The number of carbonyl (C=O) groups is 4. The first-order chi connectivity index (χ1) is 18.6. The number of nitrogens with one attached hydrogen (secondary N) is 1. The number of nitrogens with zero attached hydrogens (tertiary/aromatic N) is 3. The van der Waals surface area contributed by atoms with Gasteiger partial charge in [0, 0.05) is 23.5 Å². The molecule has 204 valence electrons. The number of likely N-dealkylation sites (tertiary alicyclic amines) is 1. The lowest BCUT2D eigenvalue weighted by atomic mass is 9.97. The van der Waals surface area contributed by atoms with Crippen molar-refractivity contribution < 1.29 is 28.7 Å². The molecule has 0 spiro atoms. The lowest BCUT2D eigenvalue weighted by Crippen LogP contribution is -2.53. The van der Waals surface area contributed by atoms with E-state index < -0.39 is 29.7 Å². The predicted octanol–water partition coefficient (Wildman–Crippen LogP) is 2.81. The van der Waals surface area contributed by atoms with Crippen molar-refractivity contribution in [2.24, 2.45) is 11.7 Å². The zero-order valence-corrected chi connectivity index (χ0v) is 21.8. The molecule has 4 N–H and O–H groups in total. The maximum Gasteiger partial charge on any atom is 0.310 e. The minimum atomic E-state index is -1.02. The normalized spacial score (nSPS) is 20.8. The fraction of sp³-hybridized carbons (Fsp3) is 0.370. The molecule has 0 radical (unpaired) electrons. The van der Waals surface area contributed by atoms with E-state index in [1.807, 2.05) is 0 Å². The summed E-state index contributed by atoms with van der Waals surface area (Å²) in [6.45, 7) is 1.19. The summed E-state index contributed by atoms with van der Waals surface area (Å²) in [6, 6.07) is 8.44. The van der Waals surface area contributed by atoms with E-state index in [0.717, 1.165) is 12.8 Å². The van der Waals surface area contributed by atoms with Crippen molar-refractivity contribution in [3.8, 4) is 0 Å². The fourth-order valence-corrected chi connectivity index (χ4v) is 5.97. The molecule has 39 heavy (non-hydrogen) atoms. The number of fused-ring (bicyclic) bond motifs is 3. The van der Waals surface area contributed by atoms with Crippen molar-refractivity contribution in [2.75, 3.05) is 0 Å². The number of carboxylic acids is 1. The second kappa shape index (κ2) is 10.3. The van der Waals surface area contributed by atoms with Crippen molar-refractivity contribution in [1.29, 1.82) is 0 Å². The largest absolute Gasteiger partial charge is 0.481 e. The number of benzene rings is 2. The van der Waals surface area contributed by atoms with Crippen molar-refractivity contribution >= 4 is 46.2 Å². The van der Waals surface area contributed by atoms with Gasteiger partial charge in [0.05, 0.1) is 16.5 Å². The molecule has 1 saturated carbocycles. The van der Waals surface area contributed by atoms with Gasteiger partial charge in [-0.05, 0) is 49.8 Å². The minimum Gasteiger partial charge on any atom is -0.481 e. The van der Waals surface area contributed by atoms with Crippen LogP contribution in [0.25, 0.3) is 10.9 Å². The van der Waals surface area contributed by atoms with Crippen molar-refractivity contribution in [2.45, 2.75) is 57.3 Å². The van der Waals surface area contributed by atoms with E-state index >= 15 is 0 Å². The SMILES string of the molecule is CC(C(=O)O)c1ccc2c(C(N)=O)nn(CC(=O)N3[C@@H]4CC[C@@H](C4)[C@H]3C(=O)NCc3cccc(Cl)c3F)c2c1. The van der Waals surface area contributed by atoms with Gasteiger partial charge < -0.3 is 21.1 Å². The van der Waals surface area contributed by atoms with Crippen LogP contribution in [-0.4, -0.2) is 55.6 Å². The maximum atomic E-state index is 14.3. The molecule has 1 aromatic heterocycles. The summed E-state index contributed by atoms with van der Waals surface area (Å²) in [5, 5.41) is 16.8. The van der Waals surface area contributed by atoms with Crippen LogP contribution in [-0.2, 0) is 27.5 Å². The molecule has 3 amide bonds. The summed E-state index contributed by atoms with van der Waals surface area (Å²) in [4.78, 5) is 52.0. The summed E-state index contributed by atoms with van der Waals surface area (Å²) < 4.78 is 15.6. The van der Waals surface area contributed by atoms with Crippen molar-refractivity contribution in [1.82, 2.24) is 20.0 Å². The van der Waals surface area contributed by atoms with E-state index in [9.17, 15) is 28.7 Å². The fourth-order valence-electron chi connectivity index (χ4n) is 5.77. The number of nitrogens with two attached hydrogens (primary N) is 1. The number of aliphatic carboxylic acids is 1. The number of hydrogen-bond donors (Lipinski definition) is 3. The molecule has 4 atom stereocenters. The average molecular weight is 556 g/mol. The van der Waals surface area contributed by atoms with Gasteiger partial charge in [0.1, 0.15) is 18.4 Å². The van der Waals surface area contributed by atoms with Gasteiger partial charge in [-0.1, -0.05) is 35.9 Å². The summed E-state index contributed by atoms with van der Waals surface area (Å²) in [6.07, 6.45) is 2.24. The molecule has 2 heterocycles. The third-order valence-corrected chi connectivity index (χ3v) is 8.08. The summed E-state index contributed by atoms with van der Waals surface area (Å²) in [7, 11) is 0. The molecule has 2 fully saturated rings. The van der Waals surface area contributed by atoms with E-state index in [4.69, 9.17) is 17.3 Å². The molecule has 3 aromatic rings. The van der Waals surface area contributed by atoms with Gasteiger partial charge in [0.2, 0.25) is 11.8 Å². The number of carbonyl (C=O) groups excluding carboxylic acids is 3. The quantitative estimate of drug-likeness (QED) is 0.389. The van der Waals surface area contributed by atoms with Gasteiger partial charge >= 0.3 is 5.97 Å². The second-order valence-electron chi connectivity index (χ2n) is 10.1. The molecule has 12 heteroatoms. The number of halogens is 2. The molecule has 2 aromatic carbocycles. The number of carboxylic acid groups (broad SMARTS) is 1. The van der Waals surface area contributed by atoms with Crippen LogP contribution in [0.3, 0.4) is 0 Å². The van der Waals surface area contributed by atoms with E-state index in [0.29, 0.717) is 22.9 Å². The van der Waals surface area contributed by atoms with Crippen LogP contribution in [0.2, 0.25) is 5.02 Å². The summed E-state index contributed by atoms with van der Waals surface area (Å²) in [5.41, 5.74) is 6.59. The van der Waals surface area contributed by atoms with Gasteiger partial charge in [-0.25, -0.2) is 4.39 Å². The van der Waals surface area contributed by atoms with Gasteiger partial charge in [-0.2, -0.15) is 5.10 Å². The Balaban J connectivity index is 1.40. The Morgan fingerprint density at radius 3 is 2.72 bits per heavy atom. The highest BCUT2D eigenvalue weighted by Crippen LogP contribution is 2.43. The zero-order valence-electron chi connectivity index (χ0n) is 21.1. The molecule has 1 aliphatic carbocycles. The topological polar surface area (TPSA) is 148 Å². The molecular formula is C27H27ClFN5O5. The third-order valence-electron chi connectivity index (χ3n) is 7.79. The third kappa shape index (κ3) is 4.82. The van der Waals surface area contributed by atoms with Crippen LogP contribution >= 0.6 is 11.6 Å². The van der Waals surface area contributed by atoms with Crippen LogP contribution in [0.1, 0.15) is 53.7 Å². The Labute approximate surface area is 227 Å². The lowest BCUT2D eigenvalue weighted by molar-refractivity contribution is -0.143. The number of aromatic nitrogens is 2. The number of amides is 3. The van der Waals surface area contributed by atoms with Gasteiger partial charge in [-0.3, -0.25) is 23.9 Å². The van der Waals surface area contributed by atoms with E-state index in [2.05, 4.69) is 10.4 Å². The van der Waals surface area contributed by atoms with Crippen LogP contribution in [0.15, 0.2) is 36.4 Å². The summed E-state index contributed by atoms with van der Waals surface area (Å²) in [5.74, 6) is -4.00. The van der Waals surface area contributed by atoms with E-state index in [1.165, 1.54) is 23.7 Å². The van der Waals surface area contributed by atoms with Crippen LogP contribution < -0.4 is 11.1 Å². The van der Waals surface area contributed by atoms with Crippen molar-refractivity contribution in [3.05, 3.63) is 64.1 Å². The summed E-state index contributed by atoms with van der Waals surface area (Å²) >= 11 is 5.85. The van der Waals surface area contributed by atoms with Gasteiger partial charge in [-0.15, -0.1) is 0 Å². The lowest BCUT2D eigenvalue weighted by Gasteiger charge is -2.34. The highest BCUT2D eigenvalue weighted by Gasteiger charge is 2.51. The second-order valence-corrected chi connectivity index (χ2v) is 10.5. The van der Waals surface area contributed by atoms with Crippen LogP contribution in [0.5, 0.6) is 0 Å². The van der Waals surface area contributed by atoms with Gasteiger partial charge in [0.15, 0.2) is 5.69 Å². The molecular weight excluding hydrogens is 529 g/mol. The van der Waals surface area contributed by atoms with Crippen LogP contribution in [0.4, 0.5) is 4.39 Å². The molecule has 2 bridgehead atoms. The van der Waals surface area contributed by atoms with E-state index in [-0.39, 0.29) is 53.1 Å².